The minimum atomic E-state index is -5.47. The SMILES string of the molecule is C.C.C.C=CC(C)(C)CC(C)C.C=CC(C)(C)CC(C)C.CC(C)=CCBr.CC(C)=CCCC(C)C.CC(C)=CCCC(C)C.CC(C)CCC1OC1(C)C.[2H]CF.[CH2-]C(C)C.[Cl][W]([Cl])([Cl])([Cl])([Cl])[Cl].[Zn+][I]. The molecule has 0 amide bonds. The Balaban J connectivity index is -0.0000000554. The molecule has 0 radical (unpaired) electrons. The summed E-state index contributed by atoms with van der Waals surface area (Å²) in [7, 11) is 23.9. The van der Waals surface area contributed by atoms with E-state index in [2.05, 4.69) is 240 Å². The Morgan fingerprint density at radius 3 is 0.971 bits per heavy atom. The minimum absolute atomic E-state index is 0. The molecule has 0 spiro atoms. The van der Waals surface area contributed by atoms with Gasteiger partial charge in [-0.2, -0.15) is 5.92 Å². The van der Waals surface area contributed by atoms with Crippen LogP contribution in [0.15, 0.2) is 60.3 Å². The van der Waals surface area contributed by atoms with Gasteiger partial charge in [-0.05, 0) is 147 Å². The van der Waals surface area contributed by atoms with Crippen molar-refractivity contribution in [1.29, 1.82) is 0 Å². The van der Waals surface area contributed by atoms with Crippen LogP contribution in [0.25, 0.3) is 0 Å². The zero-order valence-electron chi connectivity index (χ0n) is 49.0. The van der Waals surface area contributed by atoms with Crippen LogP contribution in [0.2, 0.25) is 0 Å². The van der Waals surface area contributed by atoms with E-state index in [0.717, 1.165) is 34.9 Å². The van der Waals surface area contributed by atoms with Gasteiger partial charge < -0.3 is 11.7 Å². The van der Waals surface area contributed by atoms with Gasteiger partial charge in [-0.3, -0.25) is 4.39 Å². The van der Waals surface area contributed by atoms with Crippen molar-refractivity contribution in [3.63, 3.8) is 0 Å². The van der Waals surface area contributed by atoms with E-state index in [-0.39, 0.29) is 27.9 Å². The zero-order valence-corrected chi connectivity index (χ0v) is 62.2. The van der Waals surface area contributed by atoms with Gasteiger partial charge in [-0.25, -0.2) is 0 Å². The number of hydrogen-bond donors (Lipinski definition) is 0. The molecule has 1 saturated heterocycles. The first-order valence-corrected chi connectivity index (χ1v) is 55.9. The Labute approximate surface area is 496 Å². The molecule has 1 aliphatic rings. The molecule has 0 aliphatic carbocycles. The first-order chi connectivity index (χ1) is 30.1. The molecule has 1 rings (SSSR count). The molecule has 0 aromatic carbocycles. The third-order valence-electron chi connectivity index (χ3n) is 8.22. The summed E-state index contributed by atoms with van der Waals surface area (Å²) in [6.45, 7) is 63.9. The van der Waals surface area contributed by atoms with Crippen LogP contribution in [0, 0.1) is 53.3 Å². The van der Waals surface area contributed by atoms with Crippen LogP contribution in [0.3, 0.4) is 0 Å². The second-order valence-corrected chi connectivity index (χ2v) is 86.2. The van der Waals surface area contributed by atoms with E-state index in [9.17, 15) is 4.39 Å². The summed E-state index contributed by atoms with van der Waals surface area (Å²) >= 11 is 6.89. The summed E-state index contributed by atoms with van der Waals surface area (Å²) in [5, 5.41) is 0.981. The Kier molecular flexibility index (Phi) is 77.5. The van der Waals surface area contributed by atoms with Crippen LogP contribution in [-0.4, -0.2) is 24.2 Å². The molecule has 1 fully saturated rings. The van der Waals surface area contributed by atoms with E-state index in [1.54, 1.807) is 0 Å². The maximum atomic E-state index is 9.96. The summed E-state index contributed by atoms with van der Waals surface area (Å²) in [6.07, 6.45) is 21.5. The molecule has 70 heavy (non-hydrogen) atoms. The normalized spacial score (nSPS) is 13.7. The zero-order chi connectivity index (χ0) is 57.0. The Bertz CT molecular complexity index is 1160. The van der Waals surface area contributed by atoms with Crippen LogP contribution >= 0.6 is 92.2 Å². The fourth-order valence-corrected chi connectivity index (χ4v) is 5.71. The fraction of sp³-hybridized carbons (Fsp3) is 0.810. The standard InChI is InChI=1S/C9H18O.4C9H18.C5H9Br.C4H9.CH3F.3CH4.6ClH.HI.W.Zn/c1-7(2)5-6-8-9(3,4)10-8;2*1-8(2)6-5-7-9(3)4;2*1-6-9(4,5)7-8(2)3;1-5(2)3-4-6;1-4(2)3;1-2;;;;;;;;;;;;/h7-8H,5-6H2,1-4H3;2*6,9H,5,7H2,1-4H3;2*6,8H,1,7H2,2-5H3;3H,4H2,1-2H3;4H,1H2,2-3H3;1H3;3*1H4;7*1H;;/q;;;;;;-1;;;;;;;;;;;;+6;+2/p-7/i;;;;;;;1D;;;;;;;;;;;;. The first-order valence-electron chi connectivity index (χ1n) is 24.6. The predicted molar refractivity (Wildman–Crippen MR) is 347 cm³/mol. The number of halogens is 9. The third-order valence-corrected chi connectivity index (χ3v) is 8.55. The molecule has 1 atom stereocenters. The number of alkyl halides is 2. The van der Waals surface area contributed by atoms with Crippen molar-refractivity contribution in [3.05, 3.63) is 67.2 Å². The summed E-state index contributed by atoms with van der Waals surface area (Å²) in [5.41, 5.74) is 5.11. The average Bonchev–Trinajstić information content (AvgIpc) is 3.72. The van der Waals surface area contributed by atoms with Gasteiger partial charge in [-0.1, -0.05) is 196 Å². The second kappa shape index (κ2) is 55.2. The maximum absolute atomic E-state index is 9.96. The molecule has 1 nitrogen and oxygen atoms in total. The van der Waals surface area contributed by atoms with Gasteiger partial charge in [-0.15, -0.1) is 13.2 Å². The Hall–Kier alpha value is 2.85. The molecule has 1 heterocycles. The molecular weight excluding hydrogens is 1400 g/mol. The van der Waals surface area contributed by atoms with Crippen molar-refractivity contribution in [2.75, 3.05) is 12.5 Å². The van der Waals surface area contributed by atoms with E-state index in [4.69, 9.17) is 62.6 Å². The molecular formula is C58H123BrCl6FIOWZn. The van der Waals surface area contributed by atoms with Gasteiger partial charge in [0.15, 0.2) is 0 Å². The number of rotatable bonds is 16. The quantitative estimate of drug-likeness (QED) is 0.0375. The van der Waals surface area contributed by atoms with Gasteiger partial charge in [0.1, 0.15) is 0 Å². The molecule has 0 saturated carbocycles. The number of ether oxygens (including phenoxy) is 1. The van der Waals surface area contributed by atoms with Crippen LogP contribution < -0.4 is 0 Å². The number of epoxide rings is 1. The predicted octanol–water partition coefficient (Wildman–Crippen LogP) is 27.2. The molecule has 0 aromatic rings. The van der Waals surface area contributed by atoms with Crippen LogP contribution in [-0.2, 0) is 26.8 Å². The van der Waals surface area contributed by atoms with Gasteiger partial charge in [0.2, 0.25) is 0 Å². The second-order valence-electron chi connectivity index (χ2n) is 22.0. The topological polar surface area (TPSA) is 12.5 Å². The van der Waals surface area contributed by atoms with E-state index in [1.165, 1.54) is 82.9 Å². The van der Waals surface area contributed by atoms with Crippen molar-refractivity contribution in [2.45, 2.75) is 252 Å². The van der Waals surface area contributed by atoms with E-state index < -0.39 is 14.5 Å². The Morgan fingerprint density at radius 1 is 0.657 bits per heavy atom. The summed E-state index contributed by atoms with van der Waals surface area (Å²) < 4.78 is 21.0. The van der Waals surface area contributed by atoms with Gasteiger partial charge >= 0.3 is 98.4 Å². The number of hydrogen-bond acceptors (Lipinski definition) is 1. The molecule has 12 heteroatoms. The van der Waals surface area contributed by atoms with E-state index in [1.807, 2.05) is 12.2 Å². The molecule has 432 valence electrons. The monoisotopic (exact) mass is 1520 g/mol. The molecule has 0 aromatic heterocycles. The van der Waals surface area contributed by atoms with Crippen LogP contribution in [0.1, 0.15) is 241 Å². The fourth-order valence-electron chi connectivity index (χ4n) is 5.06. The van der Waals surface area contributed by atoms with Crippen LogP contribution in [0.5, 0.6) is 0 Å². The van der Waals surface area contributed by atoms with E-state index in [0.29, 0.717) is 22.9 Å². The summed E-state index contributed by atoms with van der Waals surface area (Å²) in [6, 6.07) is 0. The first kappa shape index (κ1) is 98.3. The van der Waals surface area contributed by atoms with Crippen molar-refractivity contribution in [1.82, 2.24) is 0 Å². The Morgan fingerprint density at radius 2 is 0.871 bits per heavy atom. The van der Waals surface area contributed by atoms with Gasteiger partial charge in [0, 0.05) is 5.33 Å². The molecule has 0 N–H and O–H groups in total. The third kappa shape index (κ3) is 151. The summed E-state index contributed by atoms with van der Waals surface area (Å²) in [4.78, 5) is 0. The van der Waals surface area contributed by atoms with Crippen molar-refractivity contribution in [3.8, 4) is 0 Å². The molecule has 0 bridgehead atoms. The van der Waals surface area contributed by atoms with Gasteiger partial charge in [0.05, 0.1) is 20.2 Å². The molecule has 1 aliphatic heterocycles. The van der Waals surface area contributed by atoms with Crippen molar-refractivity contribution >= 4 is 92.2 Å². The van der Waals surface area contributed by atoms with Gasteiger partial charge in [0.25, 0.3) is 0 Å². The number of allylic oxidation sites excluding steroid dienone is 8. The van der Waals surface area contributed by atoms with Crippen LogP contribution in [0.4, 0.5) is 4.39 Å². The van der Waals surface area contributed by atoms with Crippen molar-refractivity contribution in [2.24, 2.45) is 46.3 Å². The van der Waals surface area contributed by atoms with E-state index >= 15 is 0 Å². The average molecular weight is 1530 g/mol. The van der Waals surface area contributed by atoms with Crippen molar-refractivity contribution < 1.29 is 32.6 Å². The molecule has 1 unspecified atom stereocenters. The summed E-state index contributed by atoms with van der Waals surface area (Å²) in [5.74, 6) is 4.65.